The summed E-state index contributed by atoms with van der Waals surface area (Å²) in [5.41, 5.74) is 1.30. The zero-order chi connectivity index (χ0) is 21.7. The number of nitrogens with one attached hydrogen (secondary N) is 1. The molecule has 0 saturated carbocycles. The third kappa shape index (κ3) is 4.50. The highest BCUT2D eigenvalue weighted by Crippen LogP contribution is 2.36. The summed E-state index contributed by atoms with van der Waals surface area (Å²) in [7, 11) is 1.53. The number of carbonyl (C=O) groups excluding carboxylic acids is 1. The minimum atomic E-state index is -0.502. The largest absolute Gasteiger partial charge is 0.495 e. The van der Waals surface area contributed by atoms with Crippen LogP contribution in [0.5, 0.6) is 5.75 Å². The zero-order valence-electron chi connectivity index (χ0n) is 17.1. The lowest BCUT2D eigenvalue weighted by Crippen LogP contribution is -2.49. The van der Waals surface area contributed by atoms with E-state index < -0.39 is 4.92 Å². The number of aromatic nitrogens is 2. The van der Waals surface area contributed by atoms with Crippen LogP contribution < -0.4 is 15.0 Å². The second kappa shape index (κ2) is 9.25. The van der Waals surface area contributed by atoms with Gasteiger partial charge < -0.3 is 24.6 Å². The van der Waals surface area contributed by atoms with Gasteiger partial charge in [-0.3, -0.25) is 10.1 Å². The lowest BCUT2D eigenvalue weighted by Gasteiger charge is -2.34. The van der Waals surface area contributed by atoms with Gasteiger partial charge in [0, 0.05) is 26.2 Å². The molecule has 1 amide bonds. The van der Waals surface area contributed by atoms with Gasteiger partial charge in [-0.05, 0) is 31.5 Å². The first kappa shape index (κ1) is 21.1. The minimum absolute atomic E-state index is 0.0710. The molecule has 1 N–H and O–H groups in total. The average molecular weight is 416 g/mol. The summed E-state index contributed by atoms with van der Waals surface area (Å²) in [4.78, 5) is 34.9. The number of rotatable bonds is 6. The third-order valence-electron chi connectivity index (χ3n) is 4.70. The van der Waals surface area contributed by atoms with E-state index in [1.165, 1.54) is 13.4 Å². The standard InChI is InChI=1S/C19H24N6O5/c1-4-30-19(26)24-9-7-23(8-10-24)18-16(25(27)28)17(20-12-21-18)22-14-11-13(2)5-6-15(14)29-3/h5-6,11-12H,4,7-10H2,1-3H3,(H,20,21,22). The number of piperazine rings is 1. The van der Waals surface area contributed by atoms with Crippen LogP contribution in [-0.4, -0.2) is 65.8 Å². The molecule has 0 bridgehead atoms. The molecule has 0 aliphatic carbocycles. The normalized spacial score (nSPS) is 13.7. The predicted octanol–water partition coefficient (Wildman–Crippen LogP) is 2.72. The Morgan fingerprint density at radius 3 is 2.63 bits per heavy atom. The van der Waals surface area contributed by atoms with E-state index in [1.54, 1.807) is 22.8 Å². The highest BCUT2D eigenvalue weighted by molar-refractivity contribution is 5.77. The maximum Gasteiger partial charge on any atom is 0.409 e. The van der Waals surface area contributed by atoms with Crippen LogP contribution in [0.1, 0.15) is 12.5 Å². The lowest BCUT2D eigenvalue weighted by molar-refractivity contribution is -0.383. The van der Waals surface area contributed by atoms with E-state index in [4.69, 9.17) is 9.47 Å². The van der Waals surface area contributed by atoms with E-state index in [-0.39, 0.29) is 23.4 Å². The minimum Gasteiger partial charge on any atom is -0.495 e. The van der Waals surface area contributed by atoms with Crippen LogP contribution in [-0.2, 0) is 4.74 Å². The topological polar surface area (TPSA) is 123 Å². The summed E-state index contributed by atoms with van der Waals surface area (Å²) in [6.07, 6.45) is 0.897. The van der Waals surface area contributed by atoms with Crippen LogP contribution in [0, 0.1) is 17.0 Å². The first-order valence-electron chi connectivity index (χ1n) is 9.52. The van der Waals surface area contributed by atoms with Crippen molar-refractivity contribution in [2.24, 2.45) is 0 Å². The Hall–Kier alpha value is -3.63. The molecule has 0 atom stereocenters. The van der Waals surface area contributed by atoms with Crippen LogP contribution in [0.2, 0.25) is 0 Å². The van der Waals surface area contributed by atoms with Crippen molar-refractivity contribution in [2.45, 2.75) is 13.8 Å². The van der Waals surface area contributed by atoms with Gasteiger partial charge in [0.15, 0.2) is 0 Å². The third-order valence-corrected chi connectivity index (χ3v) is 4.70. The summed E-state index contributed by atoms with van der Waals surface area (Å²) < 4.78 is 10.4. The Labute approximate surface area is 173 Å². The van der Waals surface area contributed by atoms with Crippen LogP contribution >= 0.6 is 0 Å². The first-order valence-corrected chi connectivity index (χ1v) is 9.52. The summed E-state index contributed by atoms with van der Waals surface area (Å²) in [6, 6.07) is 5.48. The predicted molar refractivity (Wildman–Crippen MR) is 111 cm³/mol. The van der Waals surface area contributed by atoms with Crippen molar-refractivity contribution < 1.29 is 19.2 Å². The van der Waals surface area contributed by atoms with Crippen molar-refractivity contribution in [1.29, 1.82) is 0 Å². The molecule has 30 heavy (non-hydrogen) atoms. The van der Waals surface area contributed by atoms with E-state index in [0.717, 1.165) is 5.56 Å². The first-order chi connectivity index (χ1) is 14.4. The number of nitrogens with zero attached hydrogens (tertiary/aromatic N) is 5. The van der Waals surface area contributed by atoms with Crippen molar-refractivity contribution in [3.63, 3.8) is 0 Å². The maximum atomic E-state index is 11.9. The van der Waals surface area contributed by atoms with Gasteiger partial charge >= 0.3 is 11.8 Å². The van der Waals surface area contributed by atoms with Crippen molar-refractivity contribution in [3.05, 3.63) is 40.2 Å². The van der Waals surface area contributed by atoms with Crippen LogP contribution in [0.4, 0.5) is 27.8 Å². The Kier molecular flexibility index (Phi) is 6.50. The summed E-state index contributed by atoms with van der Waals surface area (Å²) in [5, 5.41) is 14.9. The summed E-state index contributed by atoms with van der Waals surface area (Å²) in [6.45, 7) is 5.51. The van der Waals surface area contributed by atoms with E-state index in [0.29, 0.717) is 44.2 Å². The Morgan fingerprint density at radius 2 is 2.00 bits per heavy atom. The Balaban J connectivity index is 1.87. The van der Waals surface area contributed by atoms with Gasteiger partial charge in [0.2, 0.25) is 11.6 Å². The fourth-order valence-electron chi connectivity index (χ4n) is 3.22. The fraction of sp³-hybridized carbons (Fsp3) is 0.421. The number of anilines is 3. The molecule has 2 aromatic rings. The van der Waals surface area contributed by atoms with Crippen molar-refractivity contribution in [3.8, 4) is 5.75 Å². The fourth-order valence-corrected chi connectivity index (χ4v) is 3.22. The van der Waals surface area contributed by atoms with E-state index in [1.807, 2.05) is 19.1 Å². The number of methoxy groups -OCH3 is 1. The number of benzene rings is 1. The molecule has 11 nitrogen and oxygen atoms in total. The molecule has 0 radical (unpaired) electrons. The molecule has 1 saturated heterocycles. The van der Waals surface area contributed by atoms with E-state index >= 15 is 0 Å². The van der Waals surface area contributed by atoms with E-state index in [2.05, 4.69) is 15.3 Å². The summed E-state index contributed by atoms with van der Waals surface area (Å²) >= 11 is 0. The number of amides is 1. The average Bonchev–Trinajstić information content (AvgIpc) is 2.74. The quantitative estimate of drug-likeness (QED) is 0.559. The second-order valence-electron chi connectivity index (χ2n) is 6.65. The van der Waals surface area contributed by atoms with Gasteiger partial charge in [-0.25, -0.2) is 14.8 Å². The number of nitro groups is 1. The summed E-state index contributed by atoms with van der Waals surface area (Å²) in [5.74, 6) is 0.812. The molecule has 160 valence electrons. The number of hydrogen-bond donors (Lipinski definition) is 1. The van der Waals surface area contributed by atoms with Gasteiger partial charge in [-0.2, -0.15) is 0 Å². The van der Waals surface area contributed by atoms with Crippen LogP contribution in [0.3, 0.4) is 0 Å². The van der Waals surface area contributed by atoms with Crippen molar-refractivity contribution in [1.82, 2.24) is 14.9 Å². The van der Waals surface area contributed by atoms with Gasteiger partial charge in [-0.1, -0.05) is 6.07 Å². The number of ether oxygens (including phenoxy) is 2. The molecule has 1 aliphatic heterocycles. The molecule has 0 spiro atoms. The number of aryl methyl sites for hydroxylation is 1. The van der Waals surface area contributed by atoms with Crippen LogP contribution in [0.15, 0.2) is 24.5 Å². The van der Waals surface area contributed by atoms with Gasteiger partial charge in [0.25, 0.3) is 0 Å². The zero-order valence-corrected chi connectivity index (χ0v) is 17.1. The Bertz CT molecular complexity index is 930. The molecular weight excluding hydrogens is 392 g/mol. The monoisotopic (exact) mass is 416 g/mol. The highest BCUT2D eigenvalue weighted by Gasteiger charge is 2.31. The highest BCUT2D eigenvalue weighted by atomic mass is 16.6. The molecule has 1 aromatic heterocycles. The van der Waals surface area contributed by atoms with Gasteiger partial charge in [0.1, 0.15) is 12.1 Å². The molecule has 0 unspecified atom stereocenters. The Morgan fingerprint density at radius 1 is 1.27 bits per heavy atom. The molecule has 1 fully saturated rings. The SMILES string of the molecule is CCOC(=O)N1CCN(c2ncnc(Nc3cc(C)ccc3OC)c2[N+](=O)[O-])CC1. The lowest BCUT2D eigenvalue weighted by atomic mass is 10.2. The molecule has 3 rings (SSSR count). The maximum absolute atomic E-state index is 11.9. The van der Waals surface area contributed by atoms with Gasteiger partial charge in [0.05, 0.1) is 24.3 Å². The smallest absolute Gasteiger partial charge is 0.409 e. The van der Waals surface area contributed by atoms with Crippen molar-refractivity contribution >= 4 is 29.1 Å². The van der Waals surface area contributed by atoms with Gasteiger partial charge in [-0.15, -0.1) is 0 Å². The number of hydrogen-bond acceptors (Lipinski definition) is 9. The van der Waals surface area contributed by atoms with Crippen molar-refractivity contribution in [2.75, 3.05) is 50.1 Å². The number of carbonyl (C=O) groups is 1. The molecule has 11 heteroatoms. The van der Waals surface area contributed by atoms with E-state index in [9.17, 15) is 14.9 Å². The molecule has 1 aromatic carbocycles. The second-order valence-corrected chi connectivity index (χ2v) is 6.65. The van der Waals surface area contributed by atoms with Crippen LogP contribution in [0.25, 0.3) is 0 Å². The molecule has 2 heterocycles. The molecular formula is C19H24N6O5. The molecule has 1 aliphatic rings.